The summed E-state index contributed by atoms with van der Waals surface area (Å²) in [6.45, 7) is 9.35. The Kier molecular flexibility index (Phi) is 5.27. The highest BCUT2D eigenvalue weighted by Crippen LogP contribution is 2.25. The fraction of sp³-hybridized carbons (Fsp3) is 0.611. The number of likely N-dealkylation sites (tertiary alicyclic amines) is 1. The quantitative estimate of drug-likeness (QED) is 0.844. The first kappa shape index (κ1) is 15.9. The molecule has 3 nitrogen and oxygen atoms in total. The average molecular weight is 289 g/mol. The summed E-state index contributed by atoms with van der Waals surface area (Å²) in [5, 5.41) is 0. The summed E-state index contributed by atoms with van der Waals surface area (Å²) >= 11 is 0. The number of aryl methyl sites for hydroxylation is 3. The van der Waals surface area contributed by atoms with E-state index in [1.165, 1.54) is 12.0 Å². The van der Waals surface area contributed by atoms with Gasteiger partial charge in [-0.05, 0) is 57.6 Å². The Morgan fingerprint density at radius 3 is 2.52 bits per heavy atom. The van der Waals surface area contributed by atoms with Crippen LogP contribution in [-0.4, -0.2) is 30.0 Å². The monoisotopic (exact) mass is 289 g/mol. The number of ether oxygens (including phenoxy) is 1. The van der Waals surface area contributed by atoms with Gasteiger partial charge in [0, 0.05) is 12.6 Å². The van der Waals surface area contributed by atoms with E-state index in [1.807, 2.05) is 18.7 Å². The van der Waals surface area contributed by atoms with Gasteiger partial charge in [0.2, 0.25) is 0 Å². The van der Waals surface area contributed by atoms with Gasteiger partial charge in [-0.15, -0.1) is 0 Å². The smallest absolute Gasteiger partial charge is 0.260 e. The summed E-state index contributed by atoms with van der Waals surface area (Å²) in [6, 6.07) is 4.60. The van der Waals surface area contributed by atoms with Gasteiger partial charge in [0.15, 0.2) is 6.61 Å². The van der Waals surface area contributed by atoms with Gasteiger partial charge < -0.3 is 9.64 Å². The third-order valence-electron chi connectivity index (χ3n) is 4.36. The maximum Gasteiger partial charge on any atom is 0.260 e. The van der Waals surface area contributed by atoms with Gasteiger partial charge in [-0.2, -0.15) is 0 Å². The Morgan fingerprint density at radius 2 is 1.90 bits per heavy atom. The normalized spacial score (nSPS) is 18.7. The minimum Gasteiger partial charge on any atom is -0.483 e. The third-order valence-corrected chi connectivity index (χ3v) is 4.36. The summed E-state index contributed by atoms with van der Waals surface area (Å²) in [5.74, 6) is 0.986. The molecule has 116 valence electrons. The molecule has 1 amide bonds. The molecule has 0 radical (unpaired) electrons. The predicted molar refractivity (Wildman–Crippen MR) is 85.8 cm³/mol. The predicted octanol–water partition coefficient (Wildman–Crippen LogP) is 3.78. The van der Waals surface area contributed by atoms with E-state index in [1.54, 1.807) is 0 Å². The van der Waals surface area contributed by atoms with Crippen molar-refractivity contribution in [1.29, 1.82) is 0 Å². The second-order valence-corrected chi connectivity index (χ2v) is 6.16. The van der Waals surface area contributed by atoms with Crippen LogP contribution in [0.2, 0.25) is 0 Å². The van der Waals surface area contributed by atoms with Crippen LogP contribution in [0.25, 0.3) is 0 Å². The Bertz CT molecular complexity index is 487. The van der Waals surface area contributed by atoms with E-state index in [-0.39, 0.29) is 12.5 Å². The molecule has 1 aromatic rings. The molecule has 1 aliphatic rings. The molecule has 3 heteroatoms. The number of piperidine rings is 1. The van der Waals surface area contributed by atoms with Crippen molar-refractivity contribution in [2.45, 2.75) is 59.4 Å². The van der Waals surface area contributed by atoms with E-state index >= 15 is 0 Å². The number of hydrogen-bond donors (Lipinski definition) is 0. The number of amides is 1. The first-order chi connectivity index (χ1) is 10.0. The Labute approximate surface area is 128 Å². The van der Waals surface area contributed by atoms with E-state index in [0.717, 1.165) is 42.7 Å². The van der Waals surface area contributed by atoms with Crippen LogP contribution in [-0.2, 0) is 4.79 Å². The average Bonchev–Trinajstić information content (AvgIpc) is 2.45. The molecule has 0 aromatic heterocycles. The summed E-state index contributed by atoms with van der Waals surface area (Å²) in [5.41, 5.74) is 3.43. The molecule has 0 aliphatic carbocycles. The van der Waals surface area contributed by atoms with Gasteiger partial charge in [-0.25, -0.2) is 0 Å². The lowest BCUT2D eigenvalue weighted by atomic mass is 10.00. The van der Waals surface area contributed by atoms with Gasteiger partial charge in [0.05, 0.1) is 0 Å². The molecule has 0 bridgehead atoms. The van der Waals surface area contributed by atoms with Gasteiger partial charge in [-0.3, -0.25) is 4.79 Å². The van der Waals surface area contributed by atoms with Crippen molar-refractivity contribution in [2.75, 3.05) is 13.2 Å². The van der Waals surface area contributed by atoms with Gasteiger partial charge >= 0.3 is 0 Å². The van der Waals surface area contributed by atoms with E-state index in [9.17, 15) is 4.79 Å². The molecule has 2 rings (SSSR count). The van der Waals surface area contributed by atoms with E-state index in [4.69, 9.17) is 4.74 Å². The topological polar surface area (TPSA) is 29.5 Å². The SMILES string of the molecule is CCC1CCCCN1C(=O)COc1c(C)cc(C)cc1C. The molecule has 0 saturated carbocycles. The van der Waals surface area contributed by atoms with Crippen molar-refractivity contribution in [3.63, 3.8) is 0 Å². The second-order valence-electron chi connectivity index (χ2n) is 6.16. The Morgan fingerprint density at radius 1 is 1.24 bits per heavy atom. The highest BCUT2D eigenvalue weighted by Gasteiger charge is 2.25. The second kappa shape index (κ2) is 6.97. The highest BCUT2D eigenvalue weighted by atomic mass is 16.5. The minimum absolute atomic E-state index is 0.126. The van der Waals surface area contributed by atoms with Crippen LogP contribution in [0, 0.1) is 20.8 Å². The lowest BCUT2D eigenvalue weighted by Gasteiger charge is -2.35. The van der Waals surface area contributed by atoms with Crippen molar-refractivity contribution in [3.8, 4) is 5.75 Å². The molecule has 0 spiro atoms. The van der Waals surface area contributed by atoms with E-state index in [2.05, 4.69) is 26.0 Å². The molecule has 1 unspecified atom stereocenters. The zero-order valence-electron chi connectivity index (χ0n) is 13.7. The molecule has 0 N–H and O–H groups in total. The zero-order chi connectivity index (χ0) is 15.4. The maximum absolute atomic E-state index is 12.4. The standard InChI is InChI=1S/C18H27NO2/c1-5-16-8-6-7-9-19(16)17(20)12-21-18-14(3)10-13(2)11-15(18)4/h10-11,16H,5-9,12H2,1-4H3. The van der Waals surface area contributed by atoms with E-state index in [0.29, 0.717) is 6.04 Å². The fourth-order valence-electron chi connectivity index (χ4n) is 3.36. The van der Waals surface area contributed by atoms with Crippen molar-refractivity contribution in [2.24, 2.45) is 0 Å². The van der Waals surface area contributed by atoms with Crippen molar-refractivity contribution < 1.29 is 9.53 Å². The van der Waals surface area contributed by atoms with E-state index < -0.39 is 0 Å². The molecule has 1 aromatic carbocycles. The molecular formula is C18H27NO2. The molecule has 1 atom stereocenters. The van der Waals surface area contributed by atoms with Crippen LogP contribution in [0.1, 0.15) is 49.3 Å². The number of nitrogens with zero attached hydrogens (tertiary/aromatic N) is 1. The number of carbonyl (C=O) groups excluding carboxylic acids is 1. The Hall–Kier alpha value is -1.51. The molecule has 21 heavy (non-hydrogen) atoms. The first-order valence-corrected chi connectivity index (χ1v) is 8.03. The first-order valence-electron chi connectivity index (χ1n) is 8.03. The molecule has 1 heterocycles. The zero-order valence-corrected chi connectivity index (χ0v) is 13.7. The van der Waals surface area contributed by atoms with Crippen molar-refractivity contribution in [3.05, 3.63) is 28.8 Å². The largest absolute Gasteiger partial charge is 0.483 e. The van der Waals surface area contributed by atoms with Crippen LogP contribution in [0.5, 0.6) is 5.75 Å². The maximum atomic E-state index is 12.4. The summed E-state index contributed by atoms with van der Waals surface area (Å²) < 4.78 is 5.84. The number of benzene rings is 1. The van der Waals surface area contributed by atoms with Crippen molar-refractivity contribution in [1.82, 2.24) is 4.90 Å². The number of hydrogen-bond acceptors (Lipinski definition) is 2. The van der Waals surface area contributed by atoms with Gasteiger partial charge in [0.25, 0.3) is 5.91 Å². The third kappa shape index (κ3) is 3.78. The van der Waals surface area contributed by atoms with Crippen LogP contribution < -0.4 is 4.74 Å². The Balaban J connectivity index is 2.01. The van der Waals surface area contributed by atoms with Crippen LogP contribution in [0.4, 0.5) is 0 Å². The van der Waals surface area contributed by atoms with Crippen molar-refractivity contribution >= 4 is 5.91 Å². The minimum atomic E-state index is 0.126. The lowest BCUT2D eigenvalue weighted by molar-refractivity contribution is -0.137. The molecule has 1 fully saturated rings. The van der Waals surface area contributed by atoms with Gasteiger partial charge in [-0.1, -0.05) is 24.6 Å². The summed E-state index contributed by atoms with van der Waals surface area (Å²) in [6.07, 6.45) is 4.52. The lowest BCUT2D eigenvalue weighted by Crippen LogP contribution is -2.45. The molecular weight excluding hydrogens is 262 g/mol. The number of carbonyl (C=O) groups is 1. The summed E-state index contributed by atoms with van der Waals surface area (Å²) in [7, 11) is 0. The summed E-state index contributed by atoms with van der Waals surface area (Å²) in [4.78, 5) is 14.4. The van der Waals surface area contributed by atoms with Crippen LogP contribution in [0.3, 0.4) is 0 Å². The number of rotatable bonds is 4. The van der Waals surface area contributed by atoms with Crippen LogP contribution in [0.15, 0.2) is 12.1 Å². The highest BCUT2D eigenvalue weighted by molar-refractivity contribution is 5.78. The van der Waals surface area contributed by atoms with Gasteiger partial charge in [0.1, 0.15) is 5.75 Å². The molecule has 1 aliphatic heterocycles. The van der Waals surface area contributed by atoms with Crippen LogP contribution >= 0.6 is 0 Å². The fourth-order valence-corrected chi connectivity index (χ4v) is 3.36. The molecule has 1 saturated heterocycles.